The molecule has 1 N–H and O–H groups in total. The number of nitriles is 1. The number of esters is 1. The lowest BCUT2D eigenvalue weighted by Gasteiger charge is -2.16. The molecule has 7 nitrogen and oxygen atoms in total. The predicted octanol–water partition coefficient (Wildman–Crippen LogP) is 3.05. The molecule has 0 spiro atoms. The standard InChI is InChI=1S/C21H18ClN3O4/c1-13-2-6-17(7-3-13)25-11-15(8-20(25)27)21(28)29-12-19(26)24-18-9-16(22)5-4-14(18)10-23/h2-7,9,15H,8,11-12H2,1H3,(H,24,26)/t15-/m0/s1. The van der Waals surface area contributed by atoms with Crippen LogP contribution >= 0.6 is 11.6 Å². The molecular formula is C21H18ClN3O4. The van der Waals surface area contributed by atoms with Crippen molar-refractivity contribution in [3.8, 4) is 6.07 Å². The van der Waals surface area contributed by atoms with Crippen molar-refractivity contribution in [3.05, 3.63) is 58.6 Å². The van der Waals surface area contributed by atoms with E-state index < -0.39 is 24.4 Å². The Morgan fingerprint density at radius 1 is 1.28 bits per heavy atom. The Bertz CT molecular complexity index is 998. The van der Waals surface area contributed by atoms with Crippen molar-refractivity contribution >= 4 is 40.8 Å². The second kappa shape index (κ2) is 8.76. The van der Waals surface area contributed by atoms with Gasteiger partial charge in [0.15, 0.2) is 6.61 Å². The van der Waals surface area contributed by atoms with Gasteiger partial charge in [0.25, 0.3) is 5.91 Å². The van der Waals surface area contributed by atoms with E-state index >= 15 is 0 Å². The highest BCUT2D eigenvalue weighted by Crippen LogP contribution is 2.26. The van der Waals surface area contributed by atoms with Gasteiger partial charge in [0.05, 0.1) is 17.2 Å². The number of nitrogens with one attached hydrogen (secondary N) is 1. The first-order valence-electron chi connectivity index (χ1n) is 8.90. The molecule has 0 aromatic heterocycles. The average Bonchev–Trinajstić information content (AvgIpc) is 3.09. The number of nitrogens with zero attached hydrogens (tertiary/aromatic N) is 2. The summed E-state index contributed by atoms with van der Waals surface area (Å²) in [7, 11) is 0. The first-order valence-corrected chi connectivity index (χ1v) is 9.28. The fourth-order valence-electron chi connectivity index (χ4n) is 3.00. The van der Waals surface area contributed by atoms with E-state index in [-0.39, 0.29) is 30.1 Å². The van der Waals surface area contributed by atoms with Crippen LogP contribution in [0.3, 0.4) is 0 Å². The zero-order valence-corrected chi connectivity index (χ0v) is 16.4. The summed E-state index contributed by atoms with van der Waals surface area (Å²) in [5.41, 5.74) is 2.27. The fraction of sp³-hybridized carbons (Fsp3) is 0.238. The number of rotatable bonds is 5. The third-order valence-electron chi connectivity index (χ3n) is 4.53. The summed E-state index contributed by atoms with van der Waals surface area (Å²) in [6.45, 7) is 1.63. The van der Waals surface area contributed by atoms with Crippen molar-refractivity contribution in [2.45, 2.75) is 13.3 Å². The van der Waals surface area contributed by atoms with Crippen LogP contribution in [0.5, 0.6) is 0 Å². The van der Waals surface area contributed by atoms with E-state index in [0.717, 1.165) is 11.3 Å². The van der Waals surface area contributed by atoms with Crippen molar-refractivity contribution in [2.24, 2.45) is 5.92 Å². The normalized spacial score (nSPS) is 15.7. The summed E-state index contributed by atoms with van der Waals surface area (Å²) < 4.78 is 5.07. The number of anilines is 2. The monoisotopic (exact) mass is 411 g/mol. The number of hydrogen-bond donors (Lipinski definition) is 1. The van der Waals surface area contributed by atoms with Gasteiger partial charge in [-0.25, -0.2) is 0 Å². The van der Waals surface area contributed by atoms with Gasteiger partial charge in [-0.1, -0.05) is 29.3 Å². The minimum Gasteiger partial charge on any atom is -0.455 e. The van der Waals surface area contributed by atoms with Crippen molar-refractivity contribution < 1.29 is 19.1 Å². The molecule has 1 saturated heterocycles. The van der Waals surface area contributed by atoms with E-state index in [2.05, 4.69) is 5.32 Å². The molecule has 29 heavy (non-hydrogen) atoms. The van der Waals surface area contributed by atoms with Crippen LogP contribution in [-0.4, -0.2) is 30.9 Å². The number of benzene rings is 2. The topological polar surface area (TPSA) is 99.5 Å². The summed E-state index contributed by atoms with van der Waals surface area (Å²) in [4.78, 5) is 38.2. The van der Waals surface area contributed by atoms with Crippen molar-refractivity contribution in [1.29, 1.82) is 5.26 Å². The van der Waals surface area contributed by atoms with Gasteiger partial charge in [0, 0.05) is 23.7 Å². The molecule has 0 saturated carbocycles. The Balaban J connectivity index is 1.55. The highest BCUT2D eigenvalue weighted by Gasteiger charge is 2.36. The zero-order valence-electron chi connectivity index (χ0n) is 15.6. The van der Waals surface area contributed by atoms with Crippen LogP contribution in [0.15, 0.2) is 42.5 Å². The lowest BCUT2D eigenvalue weighted by molar-refractivity contribution is -0.151. The average molecular weight is 412 g/mol. The van der Waals surface area contributed by atoms with Gasteiger partial charge < -0.3 is 15.0 Å². The Kier molecular flexibility index (Phi) is 6.15. The maximum absolute atomic E-state index is 12.3. The third-order valence-corrected chi connectivity index (χ3v) is 4.76. The number of hydrogen-bond acceptors (Lipinski definition) is 5. The SMILES string of the molecule is Cc1ccc(N2C[C@@H](C(=O)OCC(=O)Nc3cc(Cl)ccc3C#N)CC2=O)cc1. The maximum Gasteiger partial charge on any atom is 0.311 e. The number of carbonyl (C=O) groups is 3. The number of amides is 2. The molecule has 0 unspecified atom stereocenters. The molecule has 1 aliphatic rings. The fourth-order valence-corrected chi connectivity index (χ4v) is 3.17. The number of carbonyl (C=O) groups excluding carboxylic acids is 3. The Morgan fingerprint density at radius 2 is 2.00 bits per heavy atom. The van der Waals surface area contributed by atoms with Gasteiger partial charge in [-0.2, -0.15) is 5.26 Å². The Hall–Kier alpha value is -3.37. The summed E-state index contributed by atoms with van der Waals surface area (Å²) >= 11 is 5.87. The molecule has 1 fully saturated rings. The number of ether oxygens (including phenoxy) is 1. The summed E-state index contributed by atoms with van der Waals surface area (Å²) in [6, 6.07) is 13.8. The van der Waals surface area contributed by atoms with Crippen LogP contribution in [0.1, 0.15) is 17.5 Å². The third kappa shape index (κ3) is 4.92. The largest absolute Gasteiger partial charge is 0.455 e. The van der Waals surface area contributed by atoms with E-state index in [4.69, 9.17) is 21.6 Å². The first-order chi connectivity index (χ1) is 13.9. The smallest absolute Gasteiger partial charge is 0.311 e. The lowest BCUT2D eigenvalue weighted by Crippen LogP contribution is -2.28. The second-order valence-electron chi connectivity index (χ2n) is 6.70. The van der Waals surface area contributed by atoms with Gasteiger partial charge in [-0.3, -0.25) is 14.4 Å². The zero-order chi connectivity index (χ0) is 21.0. The van der Waals surface area contributed by atoms with Gasteiger partial charge in [0.1, 0.15) is 6.07 Å². The van der Waals surface area contributed by atoms with Crippen molar-refractivity contribution in [1.82, 2.24) is 0 Å². The maximum atomic E-state index is 12.3. The van der Waals surface area contributed by atoms with Gasteiger partial charge in [-0.05, 0) is 37.3 Å². The molecule has 8 heteroatoms. The van der Waals surface area contributed by atoms with Crippen LogP contribution in [0.25, 0.3) is 0 Å². The van der Waals surface area contributed by atoms with Crippen LogP contribution in [-0.2, 0) is 19.1 Å². The van der Waals surface area contributed by atoms with Crippen molar-refractivity contribution in [2.75, 3.05) is 23.4 Å². The molecule has 0 radical (unpaired) electrons. The highest BCUT2D eigenvalue weighted by molar-refractivity contribution is 6.31. The van der Waals surface area contributed by atoms with Crippen LogP contribution in [0.2, 0.25) is 5.02 Å². The van der Waals surface area contributed by atoms with Crippen LogP contribution in [0, 0.1) is 24.2 Å². The second-order valence-corrected chi connectivity index (χ2v) is 7.13. The summed E-state index contributed by atoms with van der Waals surface area (Å²) in [5, 5.41) is 11.9. The van der Waals surface area contributed by atoms with E-state index in [1.807, 2.05) is 37.3 Å². The molecule has 2 amide bonds. The van der Waals surface area contributed by atoms with E-state index in [1.54, 1.807) is 0 Å². The minimum atomic E-state index is -0.641. The molecule has 3 rings (SSSR count). The molecule has 2 aromatic rings. The Morgan fingerprint density at radius 3 is 2.69 bits per heavy atom. The number of aryl methyl sites for hydroxylation is 1. The highest BCUT2D eigenvalue weighted by atomic mass is 35.5. The van der Waals surface area contributed by atoms with Crippen LogP contribution < -0.4 is 10.2 Å². The first kappa shape index (κ1) is 20.4. The molecular weight excluding hydrogens is 394 g/mol. The molecule has 0 aliphatic carbocycles. The summed E-state index contributed by atoms with van der Waals surface area (Å²) in [5.74, 6) is -2.03. The van der Waals surface area contributed by atoms with Crippen LogP contribution in [0.4, 0.5) is 11.4 Å². The molecule has 148 valence electrons. The van der Waals surface area contributed by atoms with E-state index in [9.17, 15) is 14.4 Å². The molecule has 2 aromatic carbocycles. The van der Waals surface area contributed by atoms with Gasteiger partial charge in [0.2, 0.25) is 5.91 Å². The van der Waals surface area contributed by atoms with Gasteiger partial charge in [-0.15, -0.1) is 0 Å². The minimum absolute atomic E-state index is 0.0290. The van der Waals surface area contributed by atoms with E-state index in [0.29, 0.717) is 5.02 Å². The predicted molar refractivity (Wildman–Crippen MR) is 107 cm³/mol. The Labute approximate surface area is 172 Å². The van der Waals surface area contributed by atoms with Gasteiger partial charge >= 0.3 is 5.97 Å². The summed E-state index contributed by atoms with van der Waals surface area (Å²) in [6.07, 6.45) is 0.0290. The molecule has 1 atom stereocenters. The molecule has 1 aliphatic heterocycles. The quantitative estimate of drug-likeness (QED) is 0.762. The lowest BCUT2D eigenvalue weighted by atomic mass is 10.1. The molecule has 0 bridgehead atoms. The molecule has 1 heterocycles. The number of halogens is 1. The van der Waals surface area contributed by atoms with Crippen molar-refractivity contribution in [3.63, 3.8) is 0 Å². The van der Waals surface area contributed by atoms with E-state index in [1.165, 1.54) is 23.1 Å².